The molecule has 0 heterocycles. The monoisotopic (exact) mass is 424 g/mol. The van der Waals surface area contributed by atoms with Gasteiger partial charge in [-0.2, -0.15) is 0 Å². The number of anilines is 2. The number of carbonyl (C=O) groups is 3. The van der Waals surface area contributed by atoms with Crippen LogP contribution in [0.15, 0.2) is 42.5 Å². The number of para-hydroxylation sites is 1. The highest BCUT2D eigenvalue weighted by Gasteiger charge is 2.13. The molecular weight excluding hydrogens is 407 g/mol. The molecule has 0 radical (unpaired) electrons. The van der Waals surface area contributed by atoms with E-state index in [-0.39, 0.29) is 12.8 Å². The fourth-order valence-electron chi connectivity index (χ4n) is 2.17. The Kier molecular flexibility index (Phi) is 8.10. The lowest BCUT2D eigenvalue weighted by atomic mass is 10.2. The summed E-state index contributed by atoms with van der Waals surface area (Å²) in [6.07, 6.45) is -0.280. The molecule has 0 spiro atoms. The van der Waals surface area contributed by atoms with E-state index in [0.717, 1.165) is 0 Å². The summed E-state index contributed by atoms with van der Waals surface area (Å²) in [6, 6.07) is 11.5. The summed E-state index contributed by atoms with van der Waals surface area (Å²) >= 11 is 11.8. The molecule has 0 saturated heterocycles. The highest BCUT2D eigenvalue weighted by atomic mass is 35.5. The number of esters is 1. The Morgan fingerprint density at radius 2 is 1.64 bits per heavy atom. The quantitative estimate of drug-likeness (QED) is 0.626. The number of hydrogen-bond acceptors (Lipinski definition) is 5. The Hall–Kier alpha value is -2.77. The van der Waals surface area contributed by atoms with Crippen molar-refractivity contribution < 1.29 is 23.9 Å². The number of halogens is 2. The van der Waals surface area contributed by atoms with Crippen molar-refractivity contribution in [2.75, 3.05) is 24.4 Å². The number of methoxy groups -OCH3 is 1. The van der Waals surface area contributed by atoms with Crippen molar-refractivity contribution in [3.63, 3.8) is 0 Å². The van der Waals surface area contributed by atoms with Crippen LogP contribution >= 0.6 is 23.2 Å². The number of benzene rings is 2. The van der Waals surface area contributed by atoms with Crippen LogP contribution in [0.4, 0.5) is 11.4 Å². The van der Waals surface area contributed by atoms with E-state index in [2.05, 4.69) is 10.6 Å². The minimum absolute atomic E-state index is 0.103. The number of hydrogen-bond donors (Lipinski definition) is 2. The Morgan fingerprint density at radius 1 is 0.929 bits per heavy atom. The molecule has 2 aromatic rings. The van der Waals surface area contributed by atoms with Crippen molar-refractivity contribution in [3.8, 4) is 5.75 Å². The van der Waals surface area contributed by atoms with E-state index in [1.807, 2.05) is 0 Å². The highest BCUT2D eigenvalue weighted by molar-refractivity contribution is 6.33. The second-order valence-corrected chi connectivity index (χ2v) is 6.43. The van der Waals surface area contributed by atoms with Crippen LogP contribution in [-0.2, 0) is 19.1 Å². The van der Waals surface area contributed by atoms with Crippen LogP contribution in [-0.4, -0.2) is 31.5 Å². The van der Waals surface area contributed by atoms with Crippen LogP contribution < -0.4 is 15.4 Å². The van der Waals surface area contributed by atoms with E-state index in [1.165, 1.54) is 13.2 Å². The van der Waals surface area contributed by atoms with Gasteiger partial charge in [0, 0.05) is 11.4 Å². The van der Waals surface area contributed by atoms with Gasteiger partial charge in [0.1, 0.15) is 5.75 Å². The first kappa shape index (κ1) is 21.5. The van der Waals surface area contributed by atoms with Crippen LogP contribution in [0, 0.1) is 0 Å². The molecule has 9 heteroatoms. The van der Waals surface area contributed by atoms with Crippen molar-refractivity contribution in [1.82, 2.24) is 0 Å². The van der Waals surface area contributed by atoms with Crippen molar-refractivity contribution >= 4 is 52.4 Å². The van der Waals surface area contributed by atoms with Gasteiger partial charge in [-0.15, -0.1) is 0 Å². The lowest BCUT2D eigenvalue weighted by Gasteiger charge is -2.11. The number of carbonyl (C=O) groups excluding carboxylic acids is 3. The number of rotatable bonds is 8. The van der Waals surface area contributed by atoms with Crippen LogP contribution in [0.1, 0.15) is 12.8 Å². The number of nitrogens with one attached hydrogen (secondary N) is 2. The molecule has 0 unspecified atom stereocenters. The fraction of sp³-hybridized carbons (Fsp3) is 0.211. The molecule has 0 saturated carbocycles. The first-order chi connectivity index (χ1) is 13.4. The molecule has 2 N–H and O–H groups in total. The van der Waals surface area contributed by atoms with Gasteiger partial charge in [-0.25, -0.2) is 0 Å². The van der Waals surface area contributed by atoms with E-state index < -0.39 is 24.4 Å². The third-order valence-corrected chi connectivity index (χ3v) is 4.07. The molecule has 0 aromatic heterocycles. The maximum atomic E-state index is 11.9. The summed E-state index contributed by atoms with van der Waals surface area (Å²) in [4.78, 5) is 35.5. The predicted octanol–water partition coefficient (Wildman–Crippen LogP) is 3.90. The largest absolute Gasteiger partial charge is 0.495 e. The molecule has 0 bridgehead atoms. The topological polar surface area (TPSA) is 93.7 Å². The average Bonchev–Trinajstić information content (AvgIpc) is 2.67. The minimum Gasteiger partial charge on any atom is -0.495 e. The van der Waals surface area contributed by atoms with Crippen LogP contribution in [0.25, 0.3) is 0 Å². The SMILES string of the molecule is COc1ccc(Cl)cc1NC(=O)COC(=O)CCC(=O)Nc1ccccc1Cl. The van der Waals surface area contributed by atoms with Crippen molar-refractivity contribution in [3.05, 3.63) is 52.5 Å². The molecule has 7 nitrogen and oxygen atoms in total. The third kappa shape index (κ3) is 6.75. The molecule has 0 aliphatic rings. The zero-order chi connectivity index (χ0) is 20.5. The van der Waals surface area contributed by atoms with E-state index in [0.29, 0.717) is 27.2 Å². The van der Waals surface area contributed by atoms with Gasteiger partial charge >= 0.3 is 5.97 Å². The molecular formula is C19H18Cl2N2O5. The lowest BCUT2D eigenvalue weighted by molar-refractivity contribution is -0.147. The Bertz CT molecular complexity index is 873. The van der Waals surface area contributed by atoms with Gasteiger partial charge in [0.25, 0.3) is 5.91 Å². The zero-order valence-corrected chi connectivity index (χ0v) is 16.5. The van der Waals surface area contributed by atoms with Gasteiger partial charge in [-0.1, -0.05) is 35.3 Å². The molecule has 2 rings (SSSR count). The minimum atomic E-state index is -0.678. The van der Waals surface area contributed by atoms with E-state index in [9.17, 15) is 14.4 Å². The fourth-order valence-corrected chi connectivity index (χ4v) is 2.53. The van der Waals surface area contributed by atoms with E-state index in [4.69, 9.17) is 32.7 Å². The second-order valence-electron chi connectivity index (χ2n) is 5.58. The van der Waals surface area contributed by atoms with Crippen LogP contribution in [0.5, 0.6) is 5.75 Å². The Balaban J connectivity index is 1.75. The van der Waals surface area contributed by atoms with Crippen molar-refractivity contribution in [2.45, 2.75) is 12.8 Å². The van der Waals surface area contributed by atoms with Crippen LogP contribution in [0.2, 0.25) is 10.0 Å². The van der Waals surface area contributed by atoms with Gasteiger partial charge in [0.05, 0.1) is 29.9 Å². The summed E-state index contributed by atoms with van der Waals surface area (Å²) < 4.78 is 9.99. The van der Waals surface area contributed by atoms with Gasteiger partial charge in [0.2, 0.25) is 5.91 Å². The molecule has 0 fully saturated rings. The van der Waals surface area contributed by atoms with Crippen molar-refractivity contribution in [2.24, 2.45) is 0 Å². The molecule has 28 heavy (non-hydrogen) atoms. The van der Waals surface area contributed by atoms with Gasteiger partial charge in [0.15, 0.2) is 6.61 Å². The highest BCUT2D eigenvalue weighted by Crippen LogP contribution is 2.27. The zero-order valence-electron chi connectivity index (χ0n) is 15.0. The normalized spacial score (nSPS) is 10.1. The average molecular weight is 425 g/mol. The first-order valence-electron chi connectivity index (χ1n) is 8.22. The van der Waals surface area contributed by atoms with Crippen LogP contribution in [0.3, 0.4) is 0 Å². The molecule has 148 valence electrons. The lowest BCUT2D eigenvalue weighted by Crippen LogP contribution is -2.22. The van der Waals surface area contributed by atoms with Gasteiger partial charge in [-0.05, 0) is 30.3 Å². The smallest absolute Gasteiger partial charge is 0.306 e. The molecule has 2 amide bonds. The van der Waals surface area contributed by atoms with E-state index in [1.54, 1.807) is 36.4 Å². The van der Waals surface area contributed by atoms with Crippen molar-refractivity contribution in [1.29, 1.82) is 0 Å². The summed E-state index contributed by atoms with van der Waals surface area (Å²) in [7, 11) is 1.45. The predicted molar refractivity (Wildman–Crippen MR) is 107 cm³/mol. The molecule has 0 aliphatic carbocycles. The van der Waals surface area contributed by atoms with E-state index >= 15 is 0 Å². The van der Waals surface area contributed by atoms with Gasteiger partial charge in [-0.3, -0.25) is 14.4 Å². The molecule has 0 aliphatic heterocycles. The number of ether oxygens (including phenoxy) is 2. The van der Waals surface area contributed by atoms with Gasteiger partial charge < -0.3 is 20.1 Å². The second kappa shape index (κ2) is 10.5. The molecule has 2 aromatic carbocycles. The summed E-state index contributed by atoms with van der Waals surface area (Å²) in [6.45, 7) is -0.499. The maximum absolute atomic E-state index is 11.9. The Morgan fingerprint density at radius 3 is 2.36 bits per heavy atom. The maximum Gasteiger partial charge on any atom is 0.306 e. The standard InChI is InChI=1S/C19H18Cl2N2O5/c1-27-16-7-6-12(20)10-15(16)23-18(25)11-28-19(26)9-8-17(24)22-14-5-3-2-4-13(14)21/h2-7,10H,8-9,11H2,1H3,(H,22,24)(H,23,25). The number of amides is 2. The summed E-state index contributed by atoms with van der Waals surface area (Å²) in [5.74, 6) is -1.21. The summed E-state index contributed by atoms with van der Waals surface area (Å²) in [5, 5.41) is 5.95. The Labute approximate surface area is 171 Å². The molecule has 0 atom stereocenters. The summed E-state index contributed by atoms with van der Waals surface area (Å²) in [5.41, 5.74) is 0.813. The third-order valence-electron chi connectivity index (χ3n) is 3.50. The first-order valence-corrected chi connectivity index (χ1v) is 8.98.